The van der Waals surface area contributed by atoms with E-state index in [1.165, 1.54) is 17.0 Å². The van der Waals surface area contributed by atoms with Crippen LogP contribution in [0.2, 0.25) is 0 Å². The molecule has 0 spiro atoms. The highest BCUT2D eigenvalue weighted by Crippen LogP contribution is 2.23. The summed E-state index contributed by atoms with van der Waals surface area (Å²) in [6.07, 6.45) is 2.05. The maximum atomic E-state index is 4.77. The van der Waals surface area contributed by atoms with Crippen LogP contribution in [0.5, 0.6) is 0 Å². The predicted molar refractivity (Wildman–Crippen MR) is 68.7 cm³/mol. The first-order valence-electron chi connectivity index (χ1n) is 6.20. The Morgan fingerprint density at radius 1 is 1.19 bits per heavy atom. The minimum Gasteiger partial charge on any atom is -0.316 e. The molecule has 0 bridgehead atoms. The van der Waals surface area contributed by atoms with Crippen molar-refractivity contribution >= 4 is 0 Å². The van der Waals surface area contributed by atoms with Crippen LogP contribution in [-0.4, -0.2) is 16.8 Å². The molecule has 1 aromatic rings. The number of aromatic nitrogens is 2. The van der Waals surface area contributed by atoms with Gasteiger partial charge >= 0.3 is 0 Å². The smallest absolute Gasteiger partial charge is 0.0669 e. The van der Waals surface area contributed by atoms with Crippen LogP contribution in [0.1, 0.15) is 51.6 Å². The van der Waals surface area contributed by atoms with E-state index in [0.29, 0.717) is 0 Å². The maximum Gasteiger partial charge on any atom is 0.0669 e. The molecule has 0 aliphatic heterocycles. The van der Waals surface area contributed by atoms with Crippen molar-refractivity contribution in [2.75, 3.05) is 7.05 Å². The van der Waals surface area contributed by atoms with Crippen molar-refractivity contribution < 1.29 is 0 Å². The highest BCUT2D eigenvalue weighted by Gasteiger charge is 2.22. The van der Waals surface area contributed by atoms with Crippen molar-refractivity contribution in [1.82, 2.24) is 15.1 Å². The molecule has 0 saturated carbocycles. The molecule has 3 nitrogen and oxygen atoms in total. The summed E-state index contributed by atoms with van der Waals surface area (Å²) in [5, 5.41) is 8.01. The van der Waals surface area contributed by atoms with Crippen LogP contribution in [-0.2, 0) is 24.9 Å². The average molecular weight is 223 g/mol. The Bertz CT molecular complexity index is 345. The lowest BCUT2D eigenvalue weighted by atomic mass is 10.1. The first kappa shape index (κ1) is 13.2. The molecule has 0 unspecified atom stereocenters. The molecule has 1 aromatic heterocycles. The monoisotopic (exact) mass is 223 g/mol. The van der Waals surface area contributed by atoms with Crippen LogP contribution in [0.3, 0.4) is 0 Å². The van der Waals surface area contributed by atoms with Crippen molar-refractivity contribution in [2.45, 2.75) is 59.5 Å². The summed E-state index contributed by atoms with van der Waals surface area (Å²) in [7, 11) is 1.99. The molecule has 0 aromatic carbocycles. The Morgan fingerprint density at radius 2 is 1.81 bits per heavy atom. The molecular formula is C13H25N3. The largest absolute Gasteiger partial charge is 0.316 e. The predicted octanol–water partition coefficient (Wildman–Crippen LogP) is 2.48. The molecule has 1 heterocycles. The number of nitrogens with zero attached hydrogens (tertiary/aromatic N) is 2. The fraction of sp³-hybridized carbons (Fsp3) is 0.769. The van der Waals surface area contributed by atoms with Crippen LogP contribution in [0.15, 0.2) is 0 Å². The second-order valence-electron chi connectivity index (χ2n) is 5.19. The van der Waals surface area contributed by atoms with Crippen molar-refractivity contribution in [1.29, 1.82) is 0 Å². The van der Waals surface area contributed by atoms with Gasteiger partial charge in [-0.3, -0.25) is 4.68 Å². The summed E-state index contributed by atoms with van der Waals surface area (Å²) in [4.78, 5) is 0. The van der Waals surface area contributed by atoms with Crippen molar-refractivity contribution in [3.05, 3.63) is 17.0 Å². The van der Waals surface area contributed by atoms with Crippen molar-refractivity contribution in [3.8, 4) is 0 Å². The van der Waals surface area contributed by atoms with Gasteiger partial charge in [0.2, 0.25) is 0 Å². The van der Waals surface area contributed by atoms with Gasteiger partial charge in [0.25, 0.3) is 0 Å². The Hall–Kier alpha value is -0.830. The molecule has 0 fully saturated rings. The van der Waals surface area contributed by atoms with Crippen LogP contribution in [0.25, 0.3) is 0 Å². The molecule has 0 amide bonds. The minimum absolute atomic E-state index is 0.0707. The van der Waals surface area contributed by atoms with Gasteiger partial charge in [-0.15, -0.1) is 0 Å². The van der Waals surface area contributed by atoms with Crippen molar-refractivity contribution in [3.63, 3.8) is 0 Å². The molecule has 0 atom stereocenters. The summed E-state index contributed by atoms with van der Waals surface area (Å²) in [6, 6.07) is 0. The number of hydrogen-bond acceptors (Lipinski definition) is 2. The average Bonchev–Trinajstić information content (AvgIpc) is 2.56. The van der Waals surface area contributed by atoms with Crippen LogP contribution in [0, 0.1) is 0 Å². The van der Waals surface area contributed by atoms with E-state index in [-0.39, 0.29) is 5.54 Å². The molecule has 1 rings (SSSR count). The standard InChI is InChI=1S/C13H25N3/c1-7-11-10(9-14-6)12(8-2)16(15-11)13(3,4)5/h14H,7-9H2,1-6H3. The maximum absolute atomic E-state index is 4.77. The van der Waals surface area contributed by atoms with E-state index >= 15 is 0 Å². The number of rotatable bonds is 4. The SMILES string of the molecule is CCc1nn(C(C)(C)C)c(CC)c1CNC. The zero-order valence-corrected chi connectivity index (χ0v) is 11.5. The highest BCUT2D eigenvalue weighted by molar-refractivity contribution is 5.27. The highest BCUT2D eigenvalue weighted by atomic mass is 15.3. The second kappa shape index (κ2) is 5.00. The van der Waals surface area contributed by atoms with Gasteiger partial charge in [-0.2, -0.15) is 5.10 Å². The van der Waals surface area contributed by atoms with Crippen molar-refractivity contribution in [2.24, 2.45) is 0 Å². The third kappa shape index (κ3) is 2.46. The summed E-state index contributed by atoms with van der Waals surface area (Å²) >= 11 is 0. The normalized spacial score (nSPS) is 12.1. The Balaban J connectivity index is 3.30. The van der Waals surface area contributed by atoms with E-state index in [1.54, 1.807) is 0 Å². The van der Waals surface area contributed by atoms with E-state index in [1.807, 2.05) is 7.05 Å². The molecule has 92 valence electrons. The first-order chi connectivity index (χ1) is 7.45. The van der Waals surface area contributed by atoms with Gasteiger partial charge in [-0.1, -0.05) is 13.8 Å². The zero-order valence-electron chi connectivity index (χ0n) is 11.5. The Labute approximate surface area is 99.2 Å². The number of aryl methyl sites for hydroxylation is 1. The lowest BCUT2D eigenvalue weighted by Crippen LogP contribution is -2.25. The third-order valence-electron chi connectivity index (χ3n) is 2.83. The quantitative estimate of drug-likeness (QED) is 0.850. The molecule has 0 aliphatic carbocycles. The van der Waals surface area contributed by atoms with Crippen LogP contribution < -0.4 is 5.32 Å². The molecule has 0 aliphatic rings. The number of nitrogens with one attached hydrogen (secondary N) is 1. The molecular weight excluding hydrogens is 198 g/mol. The van der Waals surface area contributed by atoms with Crippen LogP contribution >= 0.6 is 0 Å². The lowest BCUT2D eigenvalue weighted by Gasteiger charge is -2.22. The molecule has 0 saturated heterocycles. The van der Waals surface area contributed by atoms with E-state index in [0.717, 1.165) is 19.4 Å². The van der Waals surface area contributed by atoms with E-state index in [2.05, 4.69) is 44.6 Å². The lowest BCUT2D eigenvalue weighted by molar-refractivity contribution is 0.342. The fourth-order valence-electron chi connectivity index (χ4n) is 2.12. The van der Waals surface area contributed by atoms with Gasteiger partial charge in [0.05, 0.1) is 11.2 Å². The van der Waals surface area contributed by atoms with Gasteiger partial charge in [0, 0.05) is 17.8 Å². The Kier molecular flexibility index (Phi) is 4.14. The van der Waals surface area contributed by atoms with E-state index < -0.39 is 0 Å². The summed E-state index contributed by atoms with van der Waals surface area (Å²) < 4.78 is 2.19. The van der Waals surface area contributed by atoms with Gasteiger partial charge in [0.1, 0.15) is 0 Å². The van der Waals surface area contributed by atoms with E-state index in [9.17, 15) is 0 Å². The molecule has 1 N–H and O–H groups in total. The summed E-state index contributed by atoms with van der Waals surface area (Å²) in [5.74, 6) is 0. The van der Waals surface area contributed by atoms with Gasteiger partial charge < -0.3 is 5.32 Å². The number of hydrogen-bond donors (Lipinski definition) is 1. The Morgan fingerprint density at radius 3 is 2.19 bits per heavy atom. The molecule has 16 heavy (non-hydrogen) atoms. The third-order valence-corrected chi connectivity index (χ3v) is 2.83. The van der Waals surface area contributed by atoms with E-state index in [4.69, 9.17) is 5.10 Å². The summed E-state index contributed by atoms with van der Waals surface area (Å²) in [5.41, 5.74) is 4.07. The first-order valence-corrected chi connectivity index (χ1v) is 6.20. The van der Waals surface area contributed by atoms with Gasteiger partial charge in [0.15, 0.2) is 0 Å². The second-order valence-corrected chi connectivity index (χ2v) is 5.19. The molecule has 0 radical (unpaired) electrons. The molecule has 3 heteroatoms. The minimum atomic E-state index is 0.0707. The summed E-state index contributed by atoms with van der Waals surface area (Å²) in [6.45, 7) is 11.9. The van der Waals surface area contributed by atoms with Gasteiger partial charge in [-0.05, 0) is 40.7 Å². The zero-order chi connectivity index (χ0) is 12.3. The van der Waals surface area contributed by atoms with Crippen LogP contribution in [0.4, 0.5) is 0 Å². The fourth-order valence-corrected chi connectivity index (χ4v) is 2.12. The topological polar surface area (TPSA) is 29.9 Å². The van der Waals surface area contributed by atoms with Gasteiger partial charge in [-0.25, -0.2) is 0 Å².